The van der Waals surface area contributed by atoms with E-state index in [1.807, 2.05) is 32.0 Å². The Morgan fingerprint density at radius 2 is 2.20 bits per heavy atom. The summed E-state index contributed by atoms with van der Waals surface area (Å²) in [4.78, 5) is 0. The van der Waals surface area contributed by atoms with Gasteiger partial charge in [0.25, 0.3) is 0 Å². The molecule has 0 heterocycles. The first-order valence-corrected chi connectivity index (χ1v) is 7.21. The van der Waals surface area contributed by atoms with Crippen molar-refractivity contribution in [2.24, 2.45) is 16.3 Å². The van der Waals surface area contributed by atoms with Crippen molar-refractivity contribution in [1.29, 1.82) is 0 Å². The molecule has 1 aromatic rings. The molecule has 0 bridgehead atoms. The SMILES string of the molecule is C[C@H](NCCCC(C)(C)/C(N)=N/O)c1cccc(Cl)c1. The molecule has 0 saturated heterocycles. The third kappa shape index (κ3) is 5.02. The van der Waals surface area contributed by atoms with Crippen LogP contribution in [0.4, 0.5) is 0 Å². The topological polar surface area (TPSA) is 70.6 Å². The third-order valence-corrected chi connectivity index (χ3v) is 3.81. The monoisotopic (exact) mass is 297 g/mol. The average molecular weight is 298 g/mol. The van der Waals surface area contributed by atoms with E-state index in [9.17, 15) is 0 Å². The van der Waals surface area contributed by atoms with Gasteiger partial charge in [0.1, 0.15) is 5.84 Å². The molecule has 0 amide bonds. The number of hydrogen-bond donors (Lipinski definition) is 3. The zero-order valence-corrected chi connectivity index (χ0v) is 13.1. The summed E-state index contributed by atoms with van der Waals surface area (Å²) in [6, 6.07) is 8.11. The fourth-order valence-corrected chi connectivity index (χ4v) is 2.20. The molecule has 0 aliphatic carbocycles. The second kappa shape index (κ2) is 7.50. The Morgan fingerprint density at radius 3 is 2.80 bits per heavy atom. The molecule has 0 unspecified atom stereocenters. The number of oxime groups is 1. The number of nitrogens with two attached hydrogens (primary N) is 1. The van der Waals surface area contributed by atoms with Gasteiger partial charge >= 0.3 is 0 Å². The van der Waals surface area contributed by atoms with E-state index in [-0.39, 0.29) is 17.3 Å². The highest BCUT2D eigenvalue weighted by atomic mass is 35.5. The maximum absolute atomic E-state index is 8.72. The van der Waals surface area contributed by atoms with Crippen molar-refractivity contribution in [3.63, 3.8) is 0 Å². The Morgan fingerprint density at radius 1 is 1.50 bits per heavy atom. The van der Waals surface area contributed by atoms with Crippen LogP contribution < -0.4 is 11.1 Å². The van der Waals surface area contributed by atoms with E-state index in [2.05, 4.69) is 23.5 Å². The van der Waals surface area contributed by atoms with Gasteiger partial charge in [0.15, 0.2) is 0 Å². The van der Waals surface area contributed by atoms with Crippen LogP contribution >= 0.6 is 11.6 Å². The van der Waals surface area contributed by atoms with Crippen molar-refractivity contribution in [3.8, 4) is 0 Å². The van der Waals surface area contributed by atoms with Crippen molar-refractivity contribution in [3.05, 3.63) is 34.9 Å². The van der Waals surface area contributed by atoms with Crippen LogP contribution in [0.15, 0.2) is 29.4 Å². The van der Waals surface area contributed by atoms with Crippen molar-refractivity contribution in [1.82, 2.24) is 5.32 Å². The Labute approximate surface area is 126 Å². The predicted octanol–water partition coefficient (Wildman–Crippen LogP) is 3.54. The smallest absolute Gasteiger partial charge is 0.144 e. The largest absolute Gasteiger partial charge is 0.409 e. The van der Waals surface area contributed by atoms with Gasteiger partial charge in [-0.15, -0.1) is 0 Å². The fourth-order valence-electron chi connectivity index (χ4n) is 2.01. The summed E-state index contributed by atoms with van der Waals surface area (Å²) in [5, 5.41) is 16.0. The van der Waals surface area contributed by atoms with Crippen LogP contribution in [0.2, 0.25) is 5.02 Å². The van der Waals surface area contributed by atoms with Gasteiger partial charge in [0.2, 0.25) is 0 Å². The molecule has 0 saturated carbocycles. The maximum Gasteiger partial charge on any atom is 0.144 e. The minimum atomic E-state index is -0.282. The number of amidine groups is 1. The zero-order valence-electron chi connectivity index (χ0n) is 12.4. The molecular weight excluding hydrogens is 274 g/mol. The molecule has 1 aromatic carbocycles. The molecule has 0 aliphatic heterocycles. The van der Waals surface area contributed by atoms with Crippen molar-refractivity contribution in [2.45, 2.75) is 39.7 Å². The second-order valence-corrected chi connectivity index (χ2v) is 6.14. The van der Waals surface area contributed by atoms with E-state index in [1.54, 1.807) is 0 Å². The van der Waals surface area contributed by atoms with Crippen LogP contribution in [0, 0.1) is 5.41 Å². The lowest BCUT2D eigenvalue weighted by atomic mass is 9.86. The molecule has 4 N–H and O–H groups in total. The van der Waals surface area contributed by atoms with E-state index < -0.39 is 0 Å². The number of rotatable bonds is 7. The quantitative estimate of drug-likeness (QED) is 0.237. The molecule has 0 aliphatic rings. The molecule has 0 fully saturated rings. The highest BCUT2D eigenvalue weighted by molar-refractivity contribution is 6.30. The lowest BCUT2D eigenvalue weighted by molar-refractivity contribution is 0.304. The summed E-state index contributed by atoms with van der Waals surface area (Å²) in [5.74, 6) is 0.278. The van der Waals surface area contributed by atoms with Crippen LogP contribution in [0.1, 0.15) is 45.2 Å². The summed E-state index contributed by atoms with van der Waals surface area (Å²) >= 11 is 5.98. The van der Waals surface area contributed by atoms with Crippen LogP contribution in [-0.2, 0) is 0 Å². The fraction of sp³-hybridized carbons (Fsp3) is 0.533. The third-order valence-electron chi connectivity index (χ3n) is 3.58. The molecule has 0 aromatic heterocycles. The second-order valence-electron chi connectivity index (χ2n) is 5.70. The van der Waals surface area contributed by atoms with Crippen LogP contribution in [0.3, 0.4) is 0 Å². The Hall–Kier alpha value is -1.26. The lowest BCUT2D eigenvalue weighted by Crippen LogP contribution is -2.32. The summed E-state index contributed by atoms with van der Waals surface area (Å²) in [6.07, 6.45) is 1.81. The van der Waals surface area contributed by atoms with Gasteiger partial charge in [-0.3, -0.25) is 0 Å². The van der Waals surface area contributed by atoms with Gasteiger partial charge in [0.05, 0.1) is 0 Å². The van der Waals surface area contributed by atoms with Gasteiger partial charge in [-0.2, -0.15) is 0 Å². The summed E-state index contributed by atoms with van der Waals surface area (Å²) in [5.41, 5.74) is 6.56. The van der Waals surface area contributed by atoms with E-state index >= 15 is 0 Å². The van der Waals surface area contributed by atoms with Gasteiger partial charge in [-0.1, -0.05) is 42.7 Å². The Balaban J connectivity index is 2.38. The van der Waals surface area contributed by atoms with Crippen molar-refractivity contribution in [2.75, 3.05) is 6.54 Å². The van der Waals surface area contributed by atoms with Crippen LogP contribution in [-0.4, -0.2) is 17.6 Å². The van der Waals surface area contributed by atoms with Crippen molar-refractivity contribution < 1.29 is 5.21 Å². The number of nitrogens with zero attached hydrogens (tertiary/aromatic N) is 1. The van der Waals surface area contributed by atoms with Crippen LogP contribution in [0.25, 0.3) is 0 Å². The minimum Gasteiger partial charge on any atom is -0.409 e. The highest BCUT2D eigenvalue weighted by Gasteiger charge is 2.22. The number of benzene rings is 1. The number of nitrogens with one attached hydrogen (secondary N) is 1. The first-order chi connectivity index (χ1) is 9.36. The lowest BCUT2D eigenvalue weighted by Gasteiger charge is -2.23. The zero-order chi connectivity index (χ0) is 15.2. The van der Waals surface area contributed by atoms with E-state index in [4.69, 9.17) is 22.5 Å². The van der Waals surface area contributed by atoms with Gasteiger partial charge in [0, 0.05) is 16.5 Å². The molecule has 112 valence electrons. The summed E-state index contributed by atoms with van der Waals surface area (Å²) in [7, 11) is 0. The van der Waals surface area contributed by atoms with Gasteiger partial charge < -0.3 is 16.3 Å². The van der Waals surface area contributed by atoms with Gasteiger partial charge in [-0.05, 0) is 44.0 Å². The molecule has 20 heavy (non-hydrogen) atoms. The molecule has 0 radical (unpaired) electrons. The van der Waals surface area contributed by atoms with Gasteiger partial charge in [-0.25, -0.2) is 0 Å². The van der Waals surface area contributed by atoms with E-state index in [0.717, 1.165) is 24.4 Å². The van der Waals surface area contributed by atoms with Crippen LogP contribution in [0.5, 0.6) is 0 Å². The minimum absolute atomic E-state index is 0.251. The first kappa shape index (κ1) is 16.8. The predicted molar refractivity (Wildman–Crippen MR) is 84.3 cm³/mol. The Bertz CT molecular complexity index is 460. The molecule has 1 rings (SSSR count). The highest BCUT2D eigenvalue weighted by Crippen LogP contribution is 2.22. The first-order valence-electron chi connectivity index (χ1n) is 6.83. The average Bonchev–Trinajstić information content (AvgIpc) is 2.42. The normalized spacial score (nSPS) is 14.3. The molecule has 5 heteroatoms. The standard InChI is InChI=1S/C15H24ClN3O/c1-11(12-6-4-7-13(16)10-12)18-9-5-8-15(2,3)14(17)19-20/h4,6-7,10-11,18,20H,5,8-9H2,1-3H3,(H2,17,19)/t11-/m0/s1. The summed E-state index contributed by atoms with van der Waals surface area (Å²) in [6.45, 7) is 6.93. The molecule has 0 spiro atoms. The molecular formula is C15H24ClN3O. The van der Waals surface area contributed by atoms with E-state index in [1.165, 1.54) is 5.56 Å². The molecule has 1 atom stereocenters. The summed E-state index contributed by atoms with van der Waals surface area (Å²) < 4.78 is 0. The maximum atomic E-state index is 8.72. The van der Waals surface area contributed by atoms with Crippen molar-refractivity contribution >= 4 is 17.4 Å². The Kier molecular flexibility index (Phi) is 6.30. The number of hydrogen-bond acceptors (Lipinski definition) is 3. The van der Waals surface area contributed by atoms with E-state index in [0.29, 0.717) is 0 Å². The number of halogens is 1. The molecule has 4 nitrogen and oxygen atoms in total.